The number of aryl methyl sites for hydroxylation is 1. The second-order valence-corrected chi connectivity index (χ2v) is 4.81. The Balaban J connectivity index is 0.00000264. The van der Waals surface area contributed by atoms with Crippen LogP contribution in [0.4, 0.5) is 0 Å². The lowest BCUT2D eigenvalue weighted by atomic mass is 10.3. The van der Waals surface area contributed by atoms with Gasteiger partial charge >= 0.3 is 0 Å². The zero-order valence-electron chi connectivity index (χ0n) is 13.1. The molecule has 1 N–H and O–H groups in total. The van der Waals surface area contributed by atoms with E-state index in [-0.39, 0.29) is 22.9 Å². The Labute approximate surface area is 145 Å². The van der Waals surface area contributed by atoms with Crippen LogP contribution in [0.15, 0.2) is 35.4 Å². The molecule has 1 amide bonds. The third-order valence-electron chi connectivity index (χ3n) is 3.01. The molecular formula is C15H21BrN4O3. The highest BCUT2D eigenvalue weighted by Crippen LogP contribution is 2.06. The second-order valence-electron chi connectivity index (χ2n) is 4.81. The molecule has 2 aromatic heterocycles. The van der Waals surface area contributed by atoms with Crippen LogP contribution in [0.5, 0.6) is 5.75 Å². The van der Waals surface area contributed by atoms with E-state index in [0.717, 1.165) is 18.7 Å². The fraction of sp³-hybridized carbons (Fsp3) is 0.467. The number of nitrogens with zero attached hydrogens (tertiary/aromatic N) is 3. The standard InChI is InChI=1S/C15H20N4O3.BrH/c1-2-8-19-9-4-13(5-10-19)21-11-6-14(20)16-7-3-15-17-12-18-22-15;/h4-5,9-10,12H,2-3,6-8,11H2,1H3;1H. The molecule has 2 rings (SSSR count). The number of pyridine rings is 1. The summed E-state index contributed by atoms with van der Waals surface area (Å²) in [5.74, 6) is 1.23. The van der Waals surface area contributed by atoms with E-state index in [1.165, 1.54) is 6.33 Å². The Morgan fingerprint density at radius 1 is 1.39 bits per heavy atom. The summed E-state index contributed by atoms with van der Waals surface area (Å²) in [5.41, 5.74) is 0. The van der Waals surface area contributed by atoms with Crippen molar-refractivity contribution in [3.05, 3.63) is 36.7 Å². The molecule has 0 spiro atoms. The maximum absolute atomic E-state index is 11.6. The number of hydrogen-bond acceptors (Lipinski definition) is 5. The van der Waals surface area contributed by atoms with Crippen molar-refractivity contribution in [3.63, 3.8) is 0 Å². The minimum absolute atomic E-state index is 0. The first-order valence-corrected chi connectivity index (χ1v) is 7.42. The van der Waals surface area contributed by atoms with Gasteiger partial charge in [0.15, 0.2) is 18.7 Å². The van der Waals surface area contributed by atoms with Crippen molar-refractivity contribution >= 4 is 5.91 Å². The molecule has 0 saturated heterocycles. The highest BCUT2D eigenvalue weighted by Gasteiger charge is 2.05. The summed E-state index contributed by atoms with van der Waals surface area (Å²) >= 11 is 0. The van der Waals surface area contributed by atoms with Crippen LogP contribution in [0, 0.1) is 0 Å². The lowest BCUT2D eigenvalue weighted by Crippen LogP contribution is -3.00. The van der Waals surface area contributed by atoms with Crippen LogP contribution in [0.3, 0.4) is 0 Å². The largest absolute Gasteiger partial charge is 1.00 e. The molecule has 0 bridgehead atoms. The summed E-state index contributed by atoms with van der Waals surface area (Å²) in [6.45, 7) is 3.95. The molecule has 8 heteroatoms. The Bertz CT molecular complexity index is 561. The van der Waals surface area contributed by atoms with Crippen LogP contribution in [0.2, 0.25) is 0 Å². The molecule has 0 aliphatic heterocycles. The van der Waals surface area contributed by atoms with E-state index in [9.17, 15) is 4.79 Å². The molecule has 0 aliphatic rings. The smallest absolute Gasteiger partial charge is 0.228 e. The van der Waals surface area contributed by atoms with Crippen LogP contribution in [-0.4, -0.2) is 29.2 Å². The van der Waals surface area contributed by atoms with Gasteiger partial charge in [-0.05, 0) is 0 Å². The third kappa shape index (κ3) is 7.23. The molecular weight excluding hydrogens is 364 g/mol. The van der Waals surface area contributed by atoms with Gasteiger partial charge in [-0.25, -0.2) is 4.57 Å². The number of ether oxygens (including phenoxy) is 1. The van der Waals surface area contributed by atoms with Crippen molar-refractivity contribution in [2.24, 2.45) is 0 Å². The van der Waals surface area contributed by atoms with Gasteiger partial charge in [-0.15, -0.1) is 0 Å². The van der Waals surface area contributed by atoms with Gasteiger partial charge in [0.2, 0.25) is 11.8 Å². The molecule has 0 aliphatic carbocycles. The highest BCUT2D eigenvalue weighted by molar-refractivity contribution is 5.75. The van der Waals surface area contributed by atoms with Crippen molar-refractivity contribution in [3.8, 4) is 5.75 Å². The fourth-order valence-corrected chi connectivity index (χ4v) is 1.91. The minimum Gasteiger partial charge on any atom is -1.00 e. The number of hydrogen-bond donors (Lipinski definition) is 1. The summed E-state index contributed by atoms with van der Waals surface area (Å²) in [6.07, 6.45) is 7.23. The van der Waals surface area contributed by atoms with Crippen molar-refractivity contribution in [1.82, 2.24) is 15.5 Å². The maximum atomic E-state index is 11.6. The Hall–Kier alpha value is -1.96. The van der Waals surface area contributed by atoms with E-state index in [4.69, 9.17) is 9.26 Å². The number of rotatable bonds is 9. The maximum Gasteiger partial charge on any atom is 0.228 e. The molecule has 0 atom stereocenters. The molecule has 126 valence electrons. The summed E-state index contributed by atoms with van der Waals surface area (Å²) in [6, 6.07) is 3.81. The van der Waals surface area contributed by atoms with Gasteiger partial charge in [-0.1, -0.05) is 12.1 Å². The molecule has 0 fully saturated rings. The number of nitrogens with one attached hydrogen (secondary N) is 1. The summed E-state index contributed by atoms with van der Waals surface area (Å²) < 4.78 is 12.5. The zero-order chi connectivity index (χ0) is 15.6. The number of amides is 1. The van der Waals surface area contributed by atoms with Crippen molar-refractivity contribution in [2.75, 3.05) is 13.2 Å². The van der Waals surface area contributed by atoms with Gasteiger partial charge in [0.1, 0.15) is 12.3 Å². The van der Waals surface area contributed by atoms with Crippen LogP contribution in [-0.2, 0) is 17.8 Å². The van der Waals surface area contributed by atoms with E-state index in [2.05, 4.69) is 26.9 Å². The zero-order valence-corrected chi connectivity index (χ0v) is 14.7. The normalized spacial score (nSPS) is 9.96. The first-order valence-electron chi connectivity index (χ1n) is 7.42. The molecule has 0 unspecified atom stereocenters. The number of carbonyl (C=O) groups excluding carboxylic acids is 1. The average molecular weight is 385 g/mol. The molecule has 2 heterocycles. The average Bonchev–Trinajstić information content (AvgIpc) is 3.03. The van der Waals surface area contributed by atoms with E-state index in [0.29, 0.717) is 31.9 Å². The second kappa shape index (κ2) is 10.7. The number of carbonyl (C=O) groups is 1. The topological polar surface area (TPSA) is 81.1 Å². The minimum atomic E-state index is -0.0588. The highest BCUT2D eigenvalue weighted by atomic mass is 79.9. The van der Waals surface area contributed by atoms with Crippen LogP contribution >= 0.6 is 0 Å². The van der Waals surface area contributed by atoms with Crippen molar-refractivity contribution in [1.29, 1.82) is 0 Å². The van der Waals surface area contributed by atoms with Crippen LogP contribution < -0.4 is 31.6 Å². The Morgan fingerprint density at radius 2 is 2.17 bits per heavy atom. The molecule has 7 nitrogen and oxygen atoms in total. The van der Waals surface area contributed by atoms with Crippen molar-refractivity contribution < 1.29 is 35.6 Å². The molecule has 23 heavy (non-hydrogen) atoms. The van der Waals surface area contributed by atoms with E-state index in [1.807, 2.05) is 24.5 Å². The van der Waals surface area contributed by atoms with Gasteiger partial charge in [-0.2, -0.15) is 4.98 Å². The first-order chi connectivity index (χ1) is 10.8. The summed E-state index contributed by atoms with van der Waals surface area (Å²) in [7, 11) is 0. The summed E-state index contributed by atoms with van der Waals surface area (Å²) in [5, 5.41) is 6.28. The molecule has 2 aromatic rings. The van der Waals surface area contributed by atoms with E-state index < -0.39 is 0 Å². The first kappa shape index (κ1) is 19.1. The monoisotopic (exact) mass is 384 g/mol. The van der Waals surface area contributed by atoms with Crippen LogP contribution in [0.1, 0.15) is 25.7 Å². The van der Waals surface area contributed by atoms with Gasteiger partial charge in [0.05, 0.1) is 13.0 Å². The van der Waals surface area contributed by atoms with Gasteiger partial charge in [0.25, 0.3) is 0 Å². The van der Waals surface area contributed by atoms with E-state index in [1.54, 1.807) is 0 Å². The quantitative estimate of drug-likeness (QED) is 0.501. The van der Waals surface area contributed by atoms with Crippen LogP contribution in [0.25, 0.3) is 0 Å². The number of aromatic nitrogens is 3. The molecule has 0 aromatic carbocycles. The lowest BCUT2D eigenvalue weighted by molar-refractivity contribution is -0.697. The fourth-order valence-electron chi connectivity index (χ4n) is 1.91. The molecule has 0 radical (unpaired) electrons. The Morgan fingerprint density at radius 3 is 2.83 bits per heavy atom. The SMILES string of the molecule is CCC[n+]1ccc(OCCC(=O)NCCc2ncno2)cc1.[Br-]. The lowest BCUT2D eigenvalue weighted by Gasteiger charge is -2.06. The predicted octanol–water partition coefficient (Wildman–Crippen LogP) is -2.10. The third-order valence-corrected chi connectivity index (χ3v) is 3.01. The van der Waals surface area contributed by atoms with Crippen molar-refractivity contribution in [2.45, 2.75) is 32.7 Å². The van der Waals surface area contributed by atoms with Gasteiger partial charge in [0, 0.05) is 31.5 Å². The molecule has 0 saturated carbocycles. The van der Waals surface area contributed by atoms with Gasteiger partial charge in [-0.3, -0.25) is 4.79 Å². The van der Waals surface area contributed by atoms with E-state index >= 15 is 0 Å². The number of halogens is 1. The Kier molecular flexibility index (Phi) is 8.89. The summed E-state index contributed by atoms with van der Waals surface area (Å²) in [4.78, 5) is 15.5. The van der Waals surface area contributed by atoms with Gasteiger partial charge < -0.3 is 31.6 Å². The predicted molar refractivity (Wildman–Crippen MR) is 78.1 cm³/mol.